The minimum absolute atomic E-state index is 0.249. The number of hydrogen-bond donors (Lipinski definition) is 0. The molecule has 3 aliphatic carbocycles. The SMILES string of the molecule is CN(CCCCC1COC(C)(C)OC1)CCCSSCCOc1ccc2c(c1)CCC1C2CC[C@@]2(C)C1CC[C@@H]2OCCCOC(C(F)(F)F)(C(F)(F)F)C(F)(F)F. The fraction of sp³-hybridized carbons (Fsp3) is 0.854. The summed E-state index contributed by atoms with van der Waals surface area (Å²) in [5, 5.41) is 0. The number of alkyl halides is 9. The second kappa shape index (κ2) is 19.9. The number of unbranched alkanes of at least 4 members (excludes halogenated alkanes) is 1. The third-order valence-electron chi connectivity index (χ3n) is 12.8. The summed E-state index contributed by atoms with van der Waals surface area (Å²) in [5.41, 5.74) is -3.87. The zero-order valence-electron chi connectivity index (χ0n) is 34.0. The zero-order valence-corrected chi connectivity index (χ0v) is 35.6. The van der Waals surface area contributed by atoms with E-state index in [4.69, 9.17) is 18.9 Å². The molecule has 2 saturated carbocycles. The van der Waals surface area contributed by atoms with E-state index in [-0.39, 0.29) is 18.1 Å². The molecular formula is C41H60F9NO5S2. The third kappa shape index (κ3) is 11.5. The van der Waals surface area contributed by atoms with E-state index in [2.05, 4.69) is 35.7 Å². The topological polar surface area (TPSA) is 49.4 Å². The van der Waals surface area contributed by atoms with Crippen LogP contribution in [0.25, 0.3) is 0 Å². The van der Waals surface area contributed by atoms with Gasteiger partial charge in [0.05, 0.1) is 32.5 Å². The van der Waals surface area contributed by atoms with Gasteiger partial charge in [-0.25, -0.2) is 0 Å². The van der Waals surface area contributed by atoms with Crippen LogP contribution in [0, 0.1) is 23.2 Å². The van der Waals surface area contributed by atoms with Crippen molar-refractivity contribution in [3.63, 3.8) is 0 Å². The molecule has 4 aliphatic rings. The van der Waals surface area contributed by atoms with Crippen LogP contribution in [0.5, 0.6) is 5.75 Å². The summed E-state index contributed by atoms with van der Waals surface area (Å²) < 4.78 is 146. The number of aryl methyl sites for hydroxylation is 1. The molecule has 1 aromatic rings. The fourth-order valence-corrected chi connectivity index (χ4v) is 11.5. The lowest BCUT2D eigenvalue weighted by atomic mass is 9.55. The summed E-state index contributed by atoms with van der Waals surface area (Å²) in [4.78, 5) is 2.41. The molecule has 1 aromatic carbocycles. The van der Waals surface area contributed by atoms with Crippen molar-refractivity contribution in [2.24, 2.45) is 23.2 Å². The Balaban J connectivity index is 0.966. The van der Waals surface area contributed by atoms with Crippen molar-refractivity contribution in [3.05, 3.63) is 29.3 Å². The molecule has 0 N–H and O–H groups in total. The monoisotopic (exact) mass is 881 g/mol. The van der Waals surface area contributed by atoms with E-state index in [0.717, 1.165) is 88.5 Å². The predicted molar refractivity (Wildman–Crippen MR) is 208 cm³/mol. The summed E-state index contributed by atoms with van der Waals surface area (Å²) in [6.45, 7) is 8.70. The Hall–Kier alpha value is -1.11. The highest BCUT2D eigenvalue weighted by molar-refractivity contribution is 8.76. The first kappa shape index (κ1) is 47.9. The van der Waals surface area contributed by atoms with Gasteiger partial charge in [-0.2, -0.15) is 39.5 Å². The molecule has 1 aliphatic heterocycles. The zero-order chi connectivity index (χ0) is 42.4. The van der Waals surface area contributed by atoms with Gasteiger partial charge in [0.1, 0.15) is 5.75 Å². The number of nitrogens with zero attached hydrogens (tertiary/aromatic N) is 1. The third-order valence-corrected chi connectivity index (χ3v) is 15.2. The van der Waals surface area contributed by atoms with E-state index >= 15 is 0 Å². The number of ether oxygens (including phenoxy) is 5. The van der Waals surface area contributed by atoms with Crippen molar-refractivity contribution in [1.29, 1.82) is 0 Å². The maximum absolute atomic E-state index is 13.2. The van der Waals surface area contributed by atoms with Crippen LogP contribution >= 0.6 is 21.6 Å². The van der Waals surface area contributed by atoms with Gasteiger partial charge >= 0.3 is 24.1 Å². The fourth-order valence-electron chi connectivity index (χ4n) is 9.64. The Bertz CT molecular complexity index is 1400. The lowest BCUT2D eigenvalue weighted by Gasteiger charge is -2.50. The molecule has 1 heterocycles. The predicted octanol–water partition coefficient (Wildman–Crippen LogP) is 11.4. The Morgan fingerprint density at radius 3 is 2.14 bits per heavy atom. The molecule has 0 radical (unpaired) electrons. The molecule has 17 heteroatoms. The minimum Gasteiger partial charge on any atom is -0.493 e. The van der Waals surface area contributed by atoms with Crippen LogP contribution in [0.4, 0.5) is 39.5 Å². The van der Waals surface area contributed by atoms with Crippen molar-refractivity contribution in [3.8, 4) is 5.75 Å². The van der Waals surface area contributed by atoms with Gasteiger partial charge in [-0.15, -0.1) is 0 Å². The largest absolute Gasteiger partial charge is 0.493 e. The van der Waals surface area contributed by atoms with E-state index in [1.807, 2.05) is 41.5 Å². The average molecular weight is 882 g/mol. The molecule has 0 amide bonds. The van der Waals surface area contributed by atoms with Crippen LogP contribution in [0.15, 0.2) is 18.2 Å². The number of benzene rings is 1. The average Bonchev–Trinajstić information content (AvgIpc) is 3.47. The maximum Gasteiger partial charge on any atom is 0.435 e. The Morgan fingerprint density at radius 2 is 1.45 bits per heavy atom. The van der Waals surface area contributed by atoms with Crippen molar-refractivity contribution in [2.75, 3.05) is 64.7 Å². The van der Waals surface area contributed by atoms with E-state index in [1.54, 1.807) is 0 Å². The van der Waals surface area contributed by atoms with Gasteiger partial charge in [0.15, 0.2) is 5.79 Å². The first-order valence-corrected chi connectivity index (χ1v) is 23.1. The molecule has 3 unspecified atom stereocenters. The van der Waals surface area contributed by atoms with E-state index in [9.17, 15) is 39.5 Å². The van der Waals surface area contributed by atoms with Crippen LogP contribution in [-0.4, -0.2) is 106 Å². The molecule has 0 spiro atoms. The van der Waals surface area contributed by atoms with Gasteiger partial charge in [-0.3, -0.25) is 0 Å². The summed E-state index contributed by atoms with van der Waals surface area (Å²) in [7, 11) is 5.91. The molecule has 5 rings (SSSR count). The van der Waals surface area contributed by atoms with Crippen LogP contribution in [0.1, 0.15) is 102 Å². The minimum atomic E-state index is -6.74. The molecule has 334 valence electrons. The van der Waals surface area contributed by atoms with Crippen molar-refractivity contribution >= 4 is 21.6 Å². The summed E-state index contributed by atoms with van der Waals surface area (Å²) in [6.07, 6.45) is -11.2. The van der Waals surface area contributed by atoms with Gasteiger partial charge in [-0.1, -0.05) is 41.0 Å². The second-order valence-electron chi connectivity index (χ2n) is 17.2. The standard InChI is InChI=1S/C41H60F9NO5S2/c1-36(2)55-26-28(27-56-36)9-5-6-18-51(4)19-7-23-57-58-24-22-52-30-11-13-31-29(25-30)10-12-33-32(31)16-17-37(3)34(33)14-15-35(37)53-20-8-21-54-38(39(42,43)44,40(45,46)47)41(48,49)50/h11,13,25,28,32-35H,5-10,12,14-24,26-27H2,1-4H3/t32?,33?,34?,35-,37-/m0/s1. The first-order valence-electron chi connectivity index (χ1n) is 20.6. The van der Waals surface area contributed by atoms with Crippen LogP contribution < -0.4 is 4.74 Å². The van der Waals surface area contributed by atoms with E-state index < -0.39 is 42.9 Å². The van der Waals surface area contributed by atoms with Crippen LogP contribution in [0.3, 0.4) is 0 Å². The molecule has 0 bridgehead atoms. The van der Waals surface area contributed by atoms with Gasteiger partial charge in [0.2, 0.25) is 0 Å². The molecule has 58 heavy (non-hydrogen) atoms. The molecule has 0 aromatic heterocycles. The van der Waals surface area contributed by atoms with Gasteiger partial charge < -0.3 is 28.6 Å². The van der Waals surface area contributed by atoms with Crippen LogP contribution in [-0.2, 0) is 25.4 Å². The first-order chi connectivity index (χ1) is 27.2. The van der Waals surface area contributed by atoms with E-state index in [1.165, 1.54) is 24.0 Å². The molecule has 6 nitrogen and oxygen atoms in total. The summed E-state index contributed by atoms with van der Waals surface area (Å²) >= 11 is 0. The van der Waals surface area contributed by atoms with Gasteiger partial charge in [0.25, 0.3) is 0 Å². The van der Waals surface area contributed by atoms with Crippen molar-refractivity contribution < 1.29 is 63.2 Å². The Labute approximate surface area is 345 Å². The number of rotatable bonds is 20. The highest BCUT2D eigenvalue weighted by atomic mass is 33.1. The smallest absolute Gasteiger partial charge is 0.435 e. The van der Waals surface area contributed by atoms with Crippen LogP contribution in [0.2, 0.25) is 0 Å². The molecule has 5 atom stereocenters. The molecule has 1 saturated heterocycles. The number of hydrogen-bond acceptors (Lipinski definition) is 8. The maximum atomic E-state index is 13.2. The molecule has 3 fully saturated rings. The van der Waals surface area contributed by atoms with Crippen molar-refractivity contribution in [2.45, 2.75) is 133 Å². The molecular weight excluding hydrogens is 822 g/mol. The van der Waals surface area contributed by atoms with E-state index in [0.29, 0.717) is 36.7 Å². The number of fused-ring (bicyclic) bond motifs is 5. The van der Waals surface area contributed by atoms with Gasteiger partial charge in [-0.05, 0) is 145 Å². The summed E-state index contributed by atoms with van der Waals surface area (Å²) in [5.74, 6) is 3.98. The highest BCUT2D eigenvalue weighted by Crippen LogP contribution is 2.62. The normalized spacial score (nSPS) is 26.7. The second-order valence-corrected chi connectivity index (χ2v) is 19.9. The Morgan fingerprint density at radius 1 is 0.776 bits per heavy atom. The number of halogens is 9. The lowest BCUT2D eigenvalue weighted by Crippen LogP contribution is -2.67. The van der Waals surface area contributed by atoms with Gasteiger partial charge in [0, 0.05) is 24.0 Å². The highest BCUT2D eigenvalue weighted by Gasteiger charge is 2.85. The lowest BCUT2D eigenvalue weighted by molar-refractivity contribution is -0.457. The Kier molecular flexibility index (Phi) is 16.5. The van der Waals surface area contributed by atoms with Crippen molar-refractivity contribution in [1.82, 2.24) is 4.90 Å². The quantitative estimate of drug-likeness (QED) is 0.0729. The summed E-state index contributed by atoms with van der Waals surface area (Å²) in [6, 6.07) is 6.40.